The van der Waals surface area contributed by atoms with Gasteiger partial charge < -0.3 is 9.64 Å². The molecule has 4 nitrogen and oxygen atoms in total. The number of carbonyl (C=O) groups is 1. The third-order valence-corrected chi connectivity index (χ3v) is 4.39. The van der Waals surface area contributed by atoms with Crippen molar-refractivity contribution in [2.24, 2.45) is 5.92 Å². The fourth-order valence-electron chi connectivity index (χ4n) is 3.26. The van der Waals surface area contributed by atoms with Crippen molar-refractivity contribution >= 4 is 5.91 Å². The van der Waals surface area contributed by atoms with Gasteiger partial charge in [0.2, 0.25) is 0 Å². The largest absolute Gasteiger partial charge is 0.496 e. The number of para-hydroxylation sites is 1. The number of hydrogen-bond acceptors (Lipinski definition) is 3. The number of pyridine rings is 1. The minimum Gasteiger partial charge on any atom is -0.496 e. The first-order valence-corrected chi connectivity index (χ1v) is 8.09. The molecule has 1 unspecified atom stereocenters. The molecule has 0 radical (unpaired) electrons. The summed E-state index contributed by atoms with van der Waals surface area (Å²) < 4.78 is 5.32. The maximum Gasteiger partial charge on any atom is 0.257 e. The van der Waals surface area contributed by atoms with Gasteiger partial charge in [-0.1, -0.05) is 18.2 Å². The minimum atomic E-state index is 0.0679. The average molecular weight is 310 g/mol. The van der Waals surface area contributed by atoms with E-state index in [9.17, 15) is 4.79 Å². The van der Waals surface area contributed by atoms with Gasteiger partial charge in [-0.05, 0) is 48.9 Å². The Morgan fingerprint density at radius 1 is 1.30 bits per heavy atom. The SMILES string of the molecule is COc1ccccc1C(=O)N1CCCC(Cc2cccnc2)C1. The maximum absolute atomic E-state index is 12.8. The van der Waals surface area contributed by atoms with Gasteiger partial charge in [-0.3, -0.25) is 9.78 Å². The van der Waals surface area contributed by atoms with Crippen molar-refractivity contribution in [1.29, 1.82) is 0 Å². The molecule has 0 aliphatic carbocycles. The molecule has 0 bridgehead atoms. The monoisotopic (exact) mass is 310 g/mol. The molecule has 2 heterocycles. The van der Waals surface area contributed by atoms with E-state index in [4.69, 9.17) is 4.74 Å². The number of hydrogen-bond donors (Lipinski definition) is 0. The number of carbonyl (C=O) groups excluding carboxylic acids is 1. The lowest BCUT2D eigenvalue weighted by atomic mass is 9.91. The maximum atomic E-state index is 12.8. The van der Waals surface area contributed by atoms with Crippen LogP contribution >= 0.6 is 0 Å². The minimum absolute atomic E-state index is 0.0679. The van der Waals surface area contributed by atoms with Gasteiger partial charge in [-0.15, -0.1) is 0 Å². The molecule has 0 spiro atoms. The molecule has 1 aliphatic heterocycles. The number of rotatable bonds is 4. The highest BCUT2D eigenvalue weighted by atomic mass is 16.5. The Morgan fingerprint density at radius 2 is 2.17 bits per heavy atom. The van der Waals surface area contributed by atoms with Crippen LogP contribution < -0.4 is 4.74 Å². The van der Waals surface area contributed by atoms with Crippen molar-refractivity contribution in [2.75, 3.05) is 20.2 Å². The van der Waals surface area contributed by atoms with Crippen molar-refractivity contribution in [3.05, 3.63) is 59.9 Å². The molecule has 1 aromatic heterocycles. The summed E-state index contributed by atoms with van der Waals surface area (Å²) >= 11 is 0. The number of piperidine rings is 1. The lowest BCUT2D eigenvalue weighted by Crippen LogP contribution is -2.40. The zero-order valence-corrected chi connectivity index (χ0v) is 13.4. The second-order valence-corrected chi connectivity index (χ2v) is 6.03. The summed E-state index contributed by atoms with van der Waals surface area (Å²) in [5.74, 6) is 1.21. The Bertz CT molecular complexity index is 657. The summed E-state index contributed by atoms with van der Waals surface area (Å²) in [5.41, 5.74) is 1.89. The van der Waals surface area contributed by atoms with Crippen LogP contribution in [0.25, 0.3) is 0 Å². The van der Waals surface area contributed by atoms with Crippen LogP contribution in [0, 0.1) is 5.92 Å². The van der Waals surface area contributed by atoms with Crippen LogP contribution in [0.4, 0.5) is 0 Å². The van der Waals surface area contributed by atoms with Crippen molar-refractivity contribution in [3.63, 3.8) is 0 Å². The molecule has 2 aromatic rings. The highest BCUT2D eigenvalue weighted by molar-refractivity contribution is 5.97. The summed E-state index contributed by atoms with van der Waals surface area (Å²) in [4.78, 5) is 18.9. The summed E-state index contributed by atoms with van der Waals surface area (Å²) in [6.07, 6.45) is 6.89. The third kappa shape index (κ3) is 3.70. The Balaban J connectivity index is 1.69. The first-order chi connectivity index (χ1) is 11.3. The van der Waals surface area contributed by atoms with E-state index < -0.39 is 0 Å². The first kappa shape index (κ1) is 15.5. The molecule has 1 aliphatic rings. The molecular weight excluding hydrogens is 288 g/mol. The van der Waals surface area contributed by atoms with E-state index in [-0.39, 0.29) is 5.91 Å². The number of benzene rings is 1. The van der Waals surface area contributed by atoms with Gasteiger partial charge >= 0.3 is 0 Å². The molecule has 0 saturated carbocycles. The number of ether oxygens (including phenoxy) is 1. The number of methoxy groups -OCH3 is 1. The van der Waals surface area contributed by atoms with Crippen LogP contribution in [0.15, 0.2) is 48.8 Å². The van der Waals surface area contributed by atoms with E-state index in [0.717, 1.165) is 32.4 Å². The first-order valence-electron chi connectivity index (χ1n) is 8.09. The topological polar surface area (TPSA) is 42.4 Å². The molecule has 120 valence electrons. The second kappa shape index (κ2) is 7.27. The molecule has 23 heavy (non-hydrogen) atoms. The summed E-state index contributed by atoms with van der Waals surface area (Å²) in [7, 11) is 1.60. The normalized spacial score (nSPS) is 17.8. The van der Waals surface area contributed by atoms with Gasteiger partial charge in [0, 0.05) is 25.5 Å². The van der Waals surface area contributed by atoms with Crippen LogP contribution in [0.2, 0.25) is 0 Å². The molecule has 4 heteroatoms. The quantitative estimate of drug-likeness (QED) is 0.871. The number of amides is 1. The highest BCUT2D eigenvalue weighted by Crippen LogP contribution is 2.25. The lowest BCUT2D eigenvalue weighted by Gasteiger charge is -2.33. The highest BCUT2D eigenvalue weighted by Gasteiger charge is 2.26. The van der Waals surface area contributed by atoms with Crippen molar-refractivity contribution in [2.45, 2.75) is 19.3 Å². The Kier molecular flexibility index (Phi) is 4.91. The summed E-state index contributed by atoms with van der Waals surface area (Å²) in [6.45, 7) is 1.62. The van der Waals surface area contributed by atoms with E-state index in [2.05, 4.69) is 11.1 Å². The number of nitrogens with zero attached hydrogens (tertiary/aromatic N) is 2. The van der Waals surface area contributed by atoms with Crippen LogP contribution in [0.1, 0.15) is 28.8 Å². The number of likely N-dealkylation sites (tertiary alicyclic amines) is 1. The fourth-order valence-corrected chi connectivity index (χ4v) is 3.26. The third-order valence-electron chi connectivity index (χ3n) is 4.39. The van der Waals surface area contributed by atoms with E-state index in [0.29, 0.717) is 17.2 Å². The van der Waals surface area contributed by atoms with Crippen LogP contribution in [-0.4, -0.2) is 36.0 Å². The second-order valence-electron chi connectivity index (χ2n) is 6.03. The zero-order valence-electron chi connectivity index (χ0n) is 13.4. The Morgan fingerprint density at radius 3 is 2.96 bits per heavy atom. The van der Waals surface area contributed by atoms with Crippen molar-refractivity contribution in [1.82, 2.24) is 9.88 Å². The summed E-state index contributed by atoms with van der Waals surface area (Å²) in [6, 6.07) is 11.5. The predicted molar refractivity (Wildman–Crippen MR) is 89.6 cm³/mol. The molecule has 1 saturated heterocycles. The fraction of sp³-hybridized carbons (Fsp3) is 0.368. The van der Waals surface area contributed by atoms with Crippen LogP contribution in [-0.2, 0) is 6.42 Å². The van der Waals surface area contributed by atoms with E-state index in [1.165, 1.54) is 5.56 Å². The van der Waals surface area contributed by atoms with Gasteiger partial charge in [0.1, 0.15) is 5.75 Å². The molecule has 0 N–H and O–H groups in total. The summed E-state index contributed by atoms with van der Waals surface area (Å²) in [5, 5.41) is 0. The molecule has 1 amide bonds. The van der Waals surface area contributed by atoms with Gasteiger partial charge in [-0.25, -0.2) is 0 Å². The van der Waals surface area contributed by atoms with Gasteiger partial charge in [0.25, 0.3) is 5.91 Å². The molecule has 1 aromatic carbocycles. The van der Waals surface area contributed by atoms with Crippen molar-refractivity contribution in [3.8, 4) is 5.75 Å². The lowest BCUT2D eigenvalue weighted by molar-refractivity contribution is 0.0670. The van der Waals surface area contributed by atoms with Gasteiger partial charge in [0.15, 0.2) is 0 Å². The van der Waals surface area contributed by atoms with Crippen LogP contribution in [0.5, 0.6) is 5.75 Å². The van der Waals surface area contributed by atoms with E-state index >= 15 is 0 Å². The van der Waals surface area contributed by atoms with E-state index in [1.807, 2.05) is 41.4 Å². The molecule has 1 fully saturated rings. The average Bonchev–Trinajstić information content (AvgIpc) is 2.62. The molecule has 3 rings (SSSR count). The van der Waals surface area contributed by atoms with Gasteiger partial charge in [0.05, 0.1) is 12.7 Å². The Labute approximate surface area is 137 Å². The smallest absolute Gasteiger partial charge is 0.257 e. The zero-order chi connectivity index (χ0) is 16.1. The molecule has 1 atom stereocenters. The predicted octanol–water partition coefficient (Wildman–Crippen LogP) is 3.19. The molecular formula is C19H22N2O2. The van der Waals surface area contributed by atoms with Gasteiger partial charge in [-0.2, -0.15) is 0 Å². The van der Waals surface area contributed by atoms with Crippen LogP contribution in [0.3, 0.4) is 0 Å². The van der Waals surface area contributed by atoms with E-state index in [1.54, 1.807) is 13.3 Å². The van der Waals surface area contributed by atoms with Crippen molar-refractivity contribution < 1.29 is 9.53 Å². The number of aromatic nitrogens is 1. The Hall–Kier alpha value is -2.36. The standard InChI is InChI=1S/C19H22N2O2/c1-23-18-9-3-2-8-17(18)19(22)21-11-5-7-16(14-21)12-15-6-4-10-20-13-15/h2-4,6,8-10,13,16H,5,7,11-12,14H2,1H3.